The van der Waals surface area contributed by atoms with E-state index in [1.807, 2.05) is 24.3 Å². The summed E-state index contributed by atoms with van der Waals surface area (Å²) in [6, 6.07) is 13.6. The highest BCUT2D eigenvalue weighted by atomic mass is 79.9. The quantitative estimate of drug-likeness (QED) is 0.814. The Kier molecular flexibility index (Phi) is 4.27. The van der Waals surface area contributed by atoms with Gasteiger partial charge in [0.15, 0.2) is 0 Å². The monoisotopic (exact) mass is 348 g/mol. The summed E-state index contributed by atoms with van der Waals surface area (Å²) in [6.07, 6.45) is 2.47. The van der Waals surface area contributed by atoms with Crippen LogP contribution in [0.3, 0.4) is 0 Å². The molecule has 0 spiro atoms. The summed E-state index contributed by atoms with van der Waals surface area (Å²) >= 11 is 3.46. The topological polar surface area (TPSA) is 29.3 Å². The SMILES string of the molecule is Nc1cccc(CN(Cc2ccc(F)cc2Br)C2CC2)c1. The molecule has 2 aromatic rings. The van der Waals surface area contributed by atoms with Gasteiger partial charge < -0.3 is 5.73 Å². The Morgan fingerprint density at radius 1 is 1.14 bits per heavy atom. The molecule has 0 unspecified atom stereocenters. The van der Waals surface area contributed by atoms with Crippen LogP contribution in [0.15, 0.2) is 46.9 Å². The predicted molar refractivity (Wildman–Crippen MR) is 87.2 cm³/mol. The van der Waals surface area contributed by atoms with Gasteiger partial charge in [0.05, 0.1) is 0 Å². The van der Waals surface area contributed by atoms with Crippen molar-refractivity contribution in [2.24, 2.45) is 0 Å². The van der Waals surface area contributed by atoms with Crippen molar-refractivity contribution in [2.45, 2.75) is 32.0 Å². The van der Waals surface area contributed by atoms with E-state index in [0.717, 1.165) is 28.8 Å². The second-order valence-electron chi connectivity index (χ2n) is 5.62. The first-order chi connectivity index (χ1) is 10.1. The number of hydrogen-bond acceptors (Lipinski definition) is 2. The van der Waals surface area contributed by atoms with Crippen LogP contribution >= 0.6 is 15.9 Å². The van der Waals surface area contributed by atoms with Crippen LogP contribution < -0.4 is 5.73 Å². The average Bonchev–Trinajstić information content (AvgIpc) is 3.25. The Balaban J connectivity index is 1.76. The molecule has 2 aromatic carbocycles. The molecule has 2 nitrogen and oxygen atoms in total. The predicted octanol–water partition coefficient (Wildman–Crippen LogP) is 4.34. The summed E-state index contributed by atoms with van der Waals surface area (Å²) in [6.45, 7) is 1.69. The Morgan fingerprint density at radius 3 is 2.62 bits per heavy atom. The number of nitrogens with zero attached hydrogens (tertiary/aromatic N) is 1. The van der Waals surface area contributed by atoms with Crippen LogP contribution in [0.25, 0.3) is 0 Å². The molecule has 110 valence electrons. The van der Waals surface area contributed by atoms with E-state index in [0.29, 0.717) is 6.04 Å². The molecular weight excluding hydrogens is 331 g/mol. The van der Waals surface area contributed by atoms with Crippen molar-refractivity contribution in [1.29, 1.82) is 0 Å². The van der Waals surface area contributed by atoms with Crippen LogP contribution in [-0.4, -0.2) is 10.9 Å². The number of hydrogen-bond donors (Lipinski definition) is 1. The number of nitrogens with two attached hydrogens (primary N) is 1. The Bertz CT molecular complexity index is 640. The first-order valence-corrected chi connectivity index (χ1v) is 7.93. The molecule has 0 amide bonds. The molecular formula is C17H18BrFN2. The number of nitrogen functional groups attached to an aromatic ring is 1. The van der Waals surface area contributed by atoms with E-state index in [2.05, 4.69) is 26.9 Å². The molecule has 0 saturated heterocycles. The lowest BCUT2D eigenvalue weighted by atomic mass is 10.1. The van der Waals surface area contributed by atoms with Crippen molar-refractivity contribution in [2.75, 3.05) is 5.73 Å². The fraction of sp³-hybridized carbons (Fsp3) is 0.294. The van der Waals surface area contributed by atoms with E-state index in [1.54, 1.807) is 0 Å². The lowest BCUT2D eigenvalue weighted by Crippen LogP contribution is -2.25. The van der Waals surface area contributed by atoms with E-state index in [9.17, 15) is 4.39 Å². The summed E-state index contributed by atoms with van der Waals surface area (Å²) in [5, 5.41) is 0. The second-order valence-corrected chi connectivity index (χ2v) is 6.47. The van der Waals surface area contributed by atoms with Gasteiger partial charge in [0.2, 0.25) is 0 Å². The number of benzene rings is 2. The molecule has 0 bridgehead atoms. The van der Waals surface area contributed by atoms with E-state index in [-0.39, 0.29) is 5.82 Å². The summed E-state index contributed by atoms with van der Waals surface area (Å²) in [4.78, 5) is 2.44. The molecule has 1 aliphatic carbocycles. The van der Waals surface area contributed by atoms with Crippen molar-refractivity contribution < 1.29 is 4.39 Å². The molecule has 1 saturated carbocycles. The van der Waals surface area contributed by atoms with E-state index in [1.165, 1.54) is 30.5 Å². The highest BCUT2D eigenvalue weighted by molar-refractivity contribution is 9.10. The zero-order valence-electron chi connectivity index (χ0n) is 11.7. The van der Waals surface area contributed by atoms with Gasteiger partial charge in [-0.3, -0.25) is 4.90 Å². The van der Waals surface area contributed by atoms with E-state index in [4.69, 9.17) is 5.73 Å². The smallest absolute Gasteiger partial charge is 0.124 e. The van der Waals surface area contributed by atoms with E-state index >= 15 is 0 Å². The van der Waals surface area contributed by atoms with Gasteiger partial charge in [0.1, 0.15) is 5.82 Å². The zero-order chi connectivity index (χ0) is 14.8. The van der Waals surface area contributed by atoms with Gasteiger partial charge in [-0.2, -0.15) is 0 Å². The molecule has 2 N–H and O–H groups in total. The molecule has 21 heavy (non-hydrogen) atoms. The summed E-state index contributed by atoms with van der Waals surface area (Å²) < 4.78 is 14.0. The standard InChI is InChI=1S/C17H18BrFN2/c18-17-9-14(19)5-4-13(17)11-21(16-6-7-16)10-12-2-1-3-15(20)8-12/h1-5,8-9,16H,6-7,10-11,20H2. The van der Waals surface area contributed by atoms with Gasteiger partial charge in [0, 0.05) is 29.3 Å². The van der Waals surface area contributed by atoms with Crippen LogP contribution in [0.5, 0.6) is 0 Å². The third-order valence-electron chi connectivity index (χ3n) is 3.79. The normalized spacial score (nSPS) is 14.6. The maximum atomic E-state index is 13.2. The van der Waals surface area contributed by atoms with Crippen molar-refractivity contribution >= 4 is 21.6 Å². The largest absolute Gasteiger partial charge is 0.399 e. The summed E-state index contributed by atoms with van der Waals surface area (Å²) in [5.74, 6) is -0.209. The Labute approximate surface area is 132 Å². The highest BCUT2D eigenvalue weighted by Gasteiger charge is 2.29. The van der Waals surface area contributed by atoms with Crippen LogP contribution in [-0.2, 0) is 13.1 Å². The molecule has 0 aromatic heterocycles. The highest BCUT2D eigenvalue weighted by Crippen LogP contribution is 2.31. The van der Waals surface area contributed by atoms with Crippen molar-refractivity contribution in [3.05, 3.63) is 63.9 Å². The molecule has 0 heterocycles. The van der Waals surface area contributed by atoms with Gasteiger partial charge in [-0.1, -0.05) is 34.1 Å². The fourth-order valence-corrected chi connectivity index (χ4v) is 3.02. The molecule has 1 aliphatic rings. The van der Waals surface area contributed by atoms with Crippen LogP contribution in [0.1, 0.15) is 24.0 Å². The van der Waals surface area contributed by atoms with Crippen LogP contribution in [0, 0.1) is 5.82 Å². The maximum Gasteiger partial charge on any atom is 0.124 e. The van der Waals surface area contributed by atoms with Crippen molar-refractivity contribution in [1.82, 2.24) is 4.90 Å². The minimum Gasteiger partial charge on any atom is -0.399 e. The minimum absolute atomic E-state index is 0.209. The number of anilines is 1. The van der Waals surface area contributed by atoms with E-state index < -0.39 is 0 Å². The summed E-state index contributed by atoms with van der Waals surface area (Å²) in [5.41, 5.74) is 8.99. The van der Waals surface area contributed by atoms with Crippen molar-refractivity contribution in [3.8, 4) is 0 Å². The van der Waals surface area contributed by atoms with Gasteiger partial charge >= 0.3 is 0 Å². The van der Waals surface area contributed by atoms with Gasteiger partial charge in [-0.15, -0.1) is 0 Å². The van der Waals surface area contributed by atoms with Crippen molar-refractivity contribution in [3.63, 3.8) is 0 Å². The zero-order valence-corrected chi connectivity index (χ0v) is 13.3. The lowest BCUT2D eigenvalue weighted by Gasteiger charge is -2.23. The Morgan fingerprint density at radius 2 is 1.95 bits per heavy atom. The first-order valence-electron chi connectivity index (χ1n) is 7.14. The average molecular weight is 349 g/mol. The van der Waals surface area contributed by atoms with Crippen LogP contribution in [0.2, 0.25) is 0 Å². The number of halogens is 2. The van der Waals surface area contributed by atoms with Gasteiger partial charge in [-0.05, 0) is 48.2 Å². The second kappa shape index (κ2) is 6.16. The minimum atomic E-state index is -0.209. The molecule has 3 rings (SSSR count). The third kappa shape index (κ3) is 3.83. The molecule has 0 radical (unpaired) electrons. The summed E-state index contributed by atoms with van der Waals surface area (Å²) in [7, 11) is 0. The number of rotatable bonds is 5. The molecule has 0 aliphatic heterocycles. The van der Waals surface area contributed by atoms with Gasteiger partial charge in [0.25, 0.3) is 0 Å². The lowest BCUT2D eigenvalue weighted by molar-refractivity contribution is 0.245. The molecule has 4 heteroatoms. The third-order valence-corrected chi connectivity index (χ3v) is 4.53. The fourth-order valence-electron chi connectivity index (χ4n) is 2.55. The van der Waals surface area contributed by atoms with Gasteiger partial charge in [-0.25, -0.2) is 4.39 Å². The van der Waals surface area contributed by atoms with Crippen LogP contribution in [0.4, 0.5) is 10.1 Å². The molecule has 0 atom stereocenters. The first kappa shape index (κ1) is 14.5. The maximum absolute atomic E-state index is 13.2. The molecule has 1 fully saturated rings. The Hall–Kier alpha value is -1.39.